The van der Waals surface area contributed by atoms with E-state index in [1.165, 1.54) is 18.2 Å². The molecule has 1 fully saturated rings. The normalized spacial score (nSPS) is 25.1. The Hall–Kier alpha value is -0.590. The summed E-state index contributed by atoms with van der Waals surface area (Å²) in [7, 11) is 0. The number of alkyl halides is 2. The molecule has 2 N–H and O–H groups in total. The molecule has 0 amide bonds. The van der Waals surface area contributed by atoms with Crippen LogP contribution in [-0.2, 0) is 4.84 Å². The van der Waals surface area contributed by atoms with Crippen molar-refractivity contribution < 1.29 is 18.0 Å². The molecule has 1 aliphatic carbocycles. The lowest BCUT2D eigenvalue weighted by molar-refractivity contribution is 0.0683. The average molecular weight is 310 g/mol. The molecule has 1 aliphatic rings. The second-order valence-corrected chi connectivity index (χ2v) is 5.02. The molecule has 6 heteroatoms. The largest absolute Gasteiger partial charge is 0.301 e. The summed E-state index contributed by atoms with van der Waals surface area (Å²) in [5, 5.41) is 0. The van der Waals surface area contributed by atoms with Crippen molar-refractivity contribution in [2.24, 2.45) is 11.8 Å². The van der Waals surface area contributed by atoms with Crippen molar-refractivity contribution in [2.45, 2.75) is 24.9 Å². The molecule has 0 saturated heterocycles. The number of benzene rings is 1. The first-order chi connectivity index (χ1) is 8.04. The molecule has 3 atom stereocenters. The van der Waals surface area contributed by atoms with Crippen LogP contribution in [0.1, 0.15) is 17.9 Å². The number of hydrogen-bond acceptors (Lipinski definition) is 2. The highest BCUT2D eigenvalue weighted by Gasteiger charge is 2.49. The Labute approximate surface area is 105 Å². The predicted octanol–water partition coefficient (Wildman–Crippen LogP) is 3.22. The van der Waals surface area contributed by atoms with Crippen LogP contribution in [0.5, 0.6) is 0 Å². The van der Waals surface area contributed by atoms with Crippen LogP contribution >= 0.6 is 15.9 Å². The minimum atomic E-state index is -2.64. The van der Waals surface area contributed by atoms with Gasteiger partial charge in [-0.15, -0.1) is 0 Å². The third kappa shape index (κ3) is 2.64. The third-order valence-electron chi connectivity index (χ3n) is 3.00. The maximum Gasteiger partial charge on any atom is 0.245 e. The summed E-state index contributed by atoms with van der Waals surface area (Å²) in [5.41, 5.74) is 0.0129. The molecular formula is C11H11BrF3NO. The van der Waals surface area contributed by atoms with Crippen molar-refractivity contribution in [2.75, 3.05) is 0 Å². The fraction of sp³-hybridized carbons (Fsp3) is 0.455. The molecule has 2 rings (SSSR count). The molecule has 17 heavy (non-hydrogen) atoms. The van der Waals surface area contributed by atoms with Gasteiger partial charge in [-0.1, -0.05) is 15.9 Å². The van der Waals surface area contributed by atoms with Gasteiger partial charge in [0.2, 0.25) is 6.43 Å². The number of halogens is 4. The molecule has 1 aromatic carbocycles. The zero-order valence-corrected chi connectivity index (χ0v) is 10.3. The van der Waals surface area contributed by atoms with E-state index >= 15 is 0 Å². The van der Waals surface area contributed by atoms with Crippen LogP contribution in [-0.4, -0.2) is 12.5 Å². The number of nitrogens with two attached hydrogens (primary N) is 1. The number of rotatable bonds is 4. The molecule has 0 bridgehead atoms. The Kier molecular flexibility index (Phi) is 3.75. The topological polar surface area (TPSA) is 35.2 Å². The van der Waals surface area contributed by atoms with E-state index < -0.39 is 30.2 Å². The molecule has 0 aliphatic heterocycles. The average Bonchev–Trinajstić information content (AvgIpc) is 3.02. The minimum absolute atomic E-state index is 0.0129. The fourth-order valence-electron chi connectivity index (χ4n) is 2.05. The van der Waals surface area contributed by atoms with E-state index in [9.17, 15) is 13.2 Å². The highest BCUT2D eigenvalue weighted by molar-refractivity contribution is 9.10. The highest BCUT2D eigenvalue weighted by atomic mass is 79.9. The van der Waals surface area contributed by atoms with Crippen LogP contribution in [0.25, 0.3) is 0 Å². The van der Waals surface area contributed by atoms with Crippen molar-refractivity contribution >= 4 is 15.9 Å². The molecule has 0 spiro atoms. The first-order valence-electron chi connectivity index (χ1n) is 5.13. The second kappa shape index (κ2) is 4.96. The lowest BCUT2D eigenvalue weighted by Crippen LogP contribution is -2.17. The van der Waals surface area contributed by atoms with Gasteiger partial charge in [0.05, 0.1) is 12.0 Å². The molecule has 2 nitrogen and oxygen atoms in total. The maximum atomic E-state index is 13.6. The molecule has 0 radical (unpaired) electrons. The van der Waals surface area contributed by atoms with Gasteiger partial charge in [-0.2, -0.15) is 0 Å². The fourth-order valence-corrected chi connectivity index (χ4v) is 2.43. The van der Waals surface area contributed by atoms with Crippen molar-refractivity contribution in [3.05, 3.63) is 34.1 Å². The standard InChI is InChI=1S/C11H11BrF3NO/c12-5-1-2-8(13)6(3-5)10(11(14)15)7-4-9(7)17-16/h1-3,7,9-11H,4,16H2/t7-,9+,10?/m0/s1. The van der Waals surface area contributed by atoms with Crippen molar-refractivity contribution in [1.82, 2.24) is 0 Å². The van der Waals surface area contributed by atoms with E-state index in [4.69, 9.17) is 5.90 Å². The summed E-state index contributed by atoms with van der Waals surface area (Å²) in [6.07, 6.45) is -2.59. The van der Waals surface area contributed by atoms with E-state index in [0.717, 1.165) is 0 Å². The Bertz CT molecular complexity index is 416. The lowest BCUT2D eigenvalue weighted by Gasteiger charge is -2.17. The van der Waals surface area contributed by atoms with Crippen LogP contribution in [0.4, 0.5) is 13.2 Å². The zero-order valence-electron chi connectivity index (χ0n) is 8.75. The summed E-state index contributed by atoms with van der Waals surface area (Å²) in [5.74, 6) is 2.76. The third-order valence-corrected chi connectivity index (χ3v) is 3.50. The molecule has 0 aromatic heterocycles. The van der Waals surface area contributed by atoms with Crippen LogP contribution in [0, 0.1) is 11.7 Å². The van der Waals surface area contributed by atoms with E-state index in [0.29, 0.717) is 10.9 Å². The summed E-state index contributed by atoms with van der Waals surface area (Å²) in [6.45, 7) is 0. The van der Waals surface area contributed by atoms with Gasteiger partial charge in [0.25, 0.3) is 0 Å². The Morgan fingerprint density at radius 3 is 2.65 bits per heavy atom. The van der Waals surface area contributed by atoms with E-state index in [2.05, 4.69) is 20.8 Å². The highest BCUT2D eigenvalue weighted by Crippen LogP contribution is 2.48. The second-order valence-electron chi connectivity index (χ2n) is 4.10. The molecule has 1 saturated carbocycles. The summed E-state index contributed by atoms with van der Waals surface area (Å²) in [6, 6.07) is 4.04. The molecule has 94 valence electrons. The van der Waals surface area contributed by atoms with Gasteiger partial charge < -0.3 is 4.84 Å². The quantitative estimate of drug-likeness (QED) is 0.867. The number of hydrogen-bond donors (Lipinski definition) is 1. The van der Waals surface area contributed by atoms with Gasteiger partial charge in [0.15, 0.2) is 0 Å². The Balaban J connectivity index is 2.30. The molecule has 1 aromatic rings. The first kappa shape index (κ1) is 12.9. The van der Waals surface area contributed by atoms with Crippen molar-refractivity contribution in [1.29, 1.82) is 0 Å². The van der Waals surface area contributed by atoms with E-state index in [1.54, 1.807) is 0 Å². The van der Waals surface area contributed by atoms with Crippen LogP contribution in [0.3, 0.4) is 0 Å². The van der Waals surface area contributed by atoms with Gasteiger partial charge in [-0.25, -0.2) is 19.1 Å². The zero-order chi connectivity index (χ0) is 12.6. The predicted molar refractivity (Wildman–Crippen MR) is 60.0 cm³/mol. The minimum Gasteiger partial charge on any atom is -0.301 e. The lowest BCUT2D eigenvalue weighted by atomic mass is 9.94. The Morgan fingerprint density at radius 1 is 1.41 bits per heavy atom. The van der Waals surface area contributed by atoms with E-state index in [1.807, 2.05) is 0 Å². The van der Waals surface area contributed by atoms with Crippen LogP contribution in [0.2, 0.25) is 0 Å². The molecule has 1 unspecified atom stereocenters. The van der Waals surface area contributed by atoms with Crippen LogP contribution < -0.4 is 5.90 Å². The van der Waals surface area contributed by atoms with Crippen molar-refractivity contribution in [3.63, 3.8) is 0 Å². The van der Waals surface area contributed by atoms with Crippen LogP contribution in [0.15, 0.2) is 22.7 Å². The smallest absolute Gasteiger partial charge is 0.245 e. The Morgan fingerprint density at radius 2 is 2.12 bits per heavy atom. The molecular weight excluding hydrogens is 299 g/mol. The van der Waals surface area contributed by atoms with E-state index in [-0.39, 0.29) is 5.56 Å². The summed E-state index contributed by atoms with van der Waals surface area (Å²) in [4.78, 5) is 4.53. The van der Waals surface area contributed by atoms with Gasteiger partial charge in [-0.05, 0) is 30.2 Å². The van der Waals surface area contributed by atoms with Gasteiger partial charge in [-0.3, -0.25) is 0 Å². The maximum absolute atomic E-state index is 13.6. The summed E-state index contributed by atoms with van der Waals surface area (Å²) >= 11 is 3.15. The first-order valence-corrected chi connectivity index (χ1v) is 5.92. The van der Waals surface area contributed by atoms with Gasteiger partial charge in [0, 0.05) is 10.4 Å². The summed E-state index contributed by atoms with van der Waals surface area (Å²) < 4.78 is 40.2. The monoisotopic (exact) mass is 309 g/mol. The van der Waals surface area contributed by atoms with Crippen molar-refractivity contribution in [3.8, 4) is 0 Å². The molecule has 0 heterocycles. The van der Waals surface area contributed by atoms with Gasteiger partial charge in [0.1, 0.15) is 5.82 Å². The van der Waals surface area contributed by atoms with Gasteiger partial charge >= 0.3 is 0 Å². The SMILES string of the molecule is NO[C@@H]1C[C@@H]1C(c1cc(Br)ccc1F)C(F)F.